The Hall–Kier alpha value is -1.28. The molecule has 0 aliphatic carbocycles. The monoisotopic (exact) mass is 642 g/mol. The summed E-state index contributed by atoms with van der Waals surface area (Å²) in [6.07, 6.45) is 30.5. The summed E-state index contributed by atoms with van der Waals surface area (Å²) >= 11 is 0. The van der Waals surface area contributed by atoms with Gasteiger partial charge in [-0.3, -0.25) is 9.36 Å². The molecule has 0 aromatic rings. The Morgan fingerprint density at radius 2 is 1.27 bits per heavy atom. The minimum absolute atomic E-state index is 0.00877. The third kappa shape index (κ3) is 29.4. The highest BCUT2D eigenvalue weighted by molar-refractivity contribution is 7.45. The van der Waals surface area contributed by atoms with Gasteiger partial charge in [0.25, 0.3) is 7.82 Å². The van der Waals surface area contributed by atoms with E-state index in [1.54, 1.807) is 6.08 Å². The molecule has 0 rings (SSSR count). The van der Waals surface area contributed by atoms with E-state index in [-0.39, 0.29) is 12.5 Å². The van der Waals surface area contributed by atoms with Crippen molar-refractivity contribution in [3.8, 4) is 0 Å². The molecule has 0 spiro atoms. The molecule has 0 saturated carbocycles. The summed E-state index contributed by atoms with van der Waals surface area (Å²) in [5, 5.41) is 13.6. The lowest BCUT2D eigenvalue weighted by atomic mass is 10.0. The van der Waals surface area contributed by atoms with E-state index in [1.807, 2.05) is 27.2 Å². The van der Waals surface area contributed by atoms with Crippen molar-refractivity contribution in [3.05, 3.63) is 36.5 Å². The normalized spacial score (nSPS) is 15.3. The minimum Gasteiger partial charge on any atom is -0.756 e. The lowest BCUT2D eigenvalue weighted by Gasteiger charge is -2.29. The number of phosphoric ester groups is 1. The largest absolute Gasteiger partial charge is 0.756 e. The van der Waals surface area contributed by atoms with Gasteiger partial charge in [0.15, 0.2) is 0 Å². The van der Waals surface area contributed by atoms with Crippen LogP contribution in [0.3, 0.4) is 0 Å². The van der Waals surface area contributed by atoms with Crippen molar-refractivity contribution < 1.29 is 32.9 Å². The summed E-state index contributed by atoms with van der Waals surface area (Å²) in [5.41, 5.74) is 0. The van der Waals surface area contributed by atoms with Crippen LogP contribution in [0.1, 0.15) is 129 Å². The van der Waals surface area contributed by atoms with Crippen LogP contribution in [0.25, 0.3) is 0 Å². The Morgan fingerprint density at radius 3 is 1.80 bits per heavy atom. The van der Waals surface area contributed by atoms with E-state index in [0.717, 1.165) is 51.4 Å². The van der Waals surface area contributed by atoms with Crippen molar-refractivity contribution in [2.75, 3.05) is 40.9 Å². The van der Waals surface area contributed by atoms with Crippen molar-refractivity contribution >= 4 is 13.7 Å². The number of carbonyl (C=O) groups excluding carboxylic acids is 1. The highest BCUT2D eigenvalue weighted by Gasteiger charge is 2.23. The van der Waals surface area contributed by atoms with Gasteiger partial charge in [0, 0.05) is 6.42 Å². The number of aliphatic hydroxyl groups excluding tert-OH is 1. The van der Waals surface area contributed by atoms with Crippen LogP contribution in [0.5, 0.6) is 0 Å². The number of nitrogens with zero attached hydrogens (tertiary/aromatic N) is 1. The number of aliphatic hydroxyl groups is 1. The molecule has 1 amide bonds. The van der Waals surface area contributed by atoms with Gasteiger partial charge in [-0.25, -0.2) is 0 Å². The van der Waals surface area contributed by atoms with Crippen LogP contribution in [0.15, 0.2) is 36.5 Å². The van der Waals surface area contributed by atoms with Gasteiger partial charge in [-0.2, -0.15) is 0 Å². The lowest BCUT2D eigenvalue weighted by molar-refractivity contribution is -0.870. The Bertz CT molecular complexity index is 825. The predicted molar refractivity (Wildman–Crippen MR) is 182 cm³/mol. The van der Waals surface area contributed by atoms with E-state index in [0.29, 0.717) is 17.4 Å². The molecule has 44 heavy (non-hydrogen) atoms. The van der Waals surface area contributed by atoms with E-state index in [9.17, 15) is 19.4 Å². The van der Waals surface area contributed by atoms with Gasteiger partial charge in [0.2, 0.25) is 5.91 Å². The lowest BCUT2D eigenvalue weighted by Crippen LogP contribution is -2.45. The number of nitrogens with one attached hydrogen (secondary N) is 1. The summed E-state index contributed by atoms with van der Waals surface area (Å²) in [6, 6.07) is -0.902. The fraction of sp³-hybridized carbons (Fsp3) is 0.800. The predicted octanol–water partition coefficient (Wildman–Crippen LogP) is 7.77. The molecule has 0 aliphatic rings. The average Bonchev–Trinajstić information content (AvgIpc) is 2.95. The molecule has 0 aromatic carbocycles. The van der Waals surface area contributed by atoms with Crippen molar-refractivity contribution in [2.24, 2.45) is 0 Å². The summed E-state index contributed by atoms with van der Waals surface area (Å²) in [7, 11) is 1.23. The zero-order chi connectivity index (χ0) is 32.9. The molecule has 3 unspecified atom stereocenters. The van der Waals surface area contributed by atoms with Crippen LogP contribution >= 0.6 is 7.82 Å². The number of unbranched alkanes of at least 4 members (excludes halogenated alkanes) is 13. The van der Waals surface area contributed by atoms with E-state index in [4.69, 9.17) is 9.05 Å². The quantitative estimate of drug-likeness (QED) is 0.0359. The maximum atomic E-state index is 12.7. The Morgan fingerprint density at radius 1 is 0.773 bits per heavy atom. The maximum Gasteiger partial charge on any atom is 0.268 e. The second kappa shape index (κ2) is 28.0. The number of allylic oxidation sites excluding steroid dienone is 5. The third-order valence-electron chi connectivity index (χ3n) is 7.31. The number of hydrogen-bond donors (Lipinski definition) is 2. The summed E-state index contributed by atoms with van der Waals surface area (Å²) in [4.78, 5) is 25.0. The van der Waals surface area contributed by atoms with Crippen LogP contribution < -0.4 is 10.2 Å². The number of quaternary nitrogens is 1. The molecular formula is C35H67N2O6P. The van der Waals surface area contributed by atoms with E-state index >= 15 is 0 Å². The zero-order valence-electron chi connectivity index (χ0n) is 28.9. The highest BCUT2D eigenvalue weighted by Crippen LogP contribution is 2.38. The molecule has 0 aromatic heterocycles. The number of hydrogen-bond acceptors (Lipinski definition) is 6. The number of carbonyl (C=O) groups is 1. The second-order valence-corrected chi connectivity index (χ2v) is 14.3. The van der Waals surface area contributed by atoms with Gasteiger partial charge in [0.05, 0.1) is 39.9 Å². The van der Waals surface area contributed by atoms with Gasteiger partial charge < -0.3 is 28.8 Å². The van der Waals surface area contributed by atoms with Crippen LogP contribution in [0.2, 0.25) is 0 Å². The smallest absolute Gasteiger partial charge is 0.268 e. The van der Waals surface area contributed by atoms with Crippen LogP contribution in [0, 0.1) is 0 Å². The van der Waals surface area contributed by atoms with Gasteiger partial charge >= 0.3 is 0 Å². The first kappa shape index (κ1) is 42.7. The fourth-order valence-corrected chi connectivity index (χ4v) is 5.21. The number of phosphoric acid groups is 1. The number of amides is 1. The van der Waals surface area contributed by atoms with Crippen molar-refractivity contribution in [2.45, 2.75) is 142 Å². The minimum atomic E-state index is -4.58. The van der Waals surface area contributed by atoms with Crippen molar-refractivity contribution in [3.63, 3.8) is 0 Å². The topological polar surface area (TPSA) is 108 Å². The summed E-state index contributed by atoms with van der Waals surface area (Å²) in [6.45, 7) is 4.49. The molecule has 0 radical (unpaired) electrons. The molecule has 0 saturated heterocycles. The Balaban J connectivity index is 4.68. The first-order valence-electron chi connectivity index (χ1n) is 17.4. The van der Waals surface area contributed by atoms with E-state index in [2.05, 4.69) is 43.5 Å². The van der Waals surface area contributed by atoms with Crippen molar-refractivity contribution in [1.29, 1.82) is 0 Å². The average molecular weight is 643 g/mol. The molecule has 2 N–H and O–H groups in total. The summed E-state index contributed by atoms with van der Waals surface area (Å²) < 4.78 is 23.0. The van der Waals surface area contributed by atoms with Gasteiger partial charge in [0.1, 0.15) is 13.2 Å². The Labute approximate surface area is 270 Å². The first-order valence-corrected chi connectivity index (χ1v) is 18.8. The van der Waals surface area contributed by atoms with Gasteiger partial charge in [-0.1, -0.05) is 121 Å². The molecule has 3 atom stereocenters. The number of rotatable bonds is 30. The van der Waals surface area contributed by atoms with Gasteiger partial charge in [-0.05, 0) is 38.5 Å². The van der Waals surface area contributed by atoms with Crippen molar-refractivity contribution in [1.82, 2.24) is 5.32 Å². The Kier molecular flexibility index (Phi) is 27.2. The van der Waals surface area contributed by atoms with Gasteiger partial charge in [-0.15, -0.1) is 0 Å². The van der Waals surface area contributed by atoms with Crippen LogP contribution in [-0.4, -0.2) is 68.5 Å². The second-order valence-electron chi connectivity index (χ2n) is 12.9. The molecule has 0 aliphatic heterocycles. The van der Waals surface area contributed by atoms with Crippen LogP contribution in [-0.2, 0) is 18.4 Å². The summed E-state index contributed by atoms with van der Waals surface area (Å²) in [5.74, 6) is -0.218. The molecule has 8 nitrogen and oxygen atoms in total. The number of likely N-dealkylation sites (N-methyl/N-ethyl adjacent to an activating group) is 1. The standard InChI is InChI=1S/C35H67N2O6P/c1-6-8-10-12-14-16-18-20-22-24-26-28-34(38)33(32-43-44(40,41)42-31-30-37(3,4)5)36-35(39)29-27-25-23-21-19-17-15-13-11-9-7-2/h10,12,18,20,26,28,33-34,38H,6-9,11,13-17,19,21-25,27,29-32H2,1-5H3,(H-,36,39,40,41)/b12-10+,20-18+,28-26+. The molecule has 0 bridgehead atoms. The van der Waals surface area contributed by atoms with Crippen LogP contribution in [0.4, 0.5) is 0 Å². The third-order valence-corrected chi connectivity index (χ3v) is 8.28. The first-order chi connectivity index (χ1) is 21.0. The fourth-order valence-electron chi connectivity index (χ4n) is 4.48. The maximum absolute atomic E-state index is 12.7. The van der Waals surface area contributed by atoms with E-state index < -0.39 is 26.6 Å². The van der Waals surface area contributed by atoms with E-state index in [1.165, 1.54) is 57.8 Å². The molecule has 0 heterocycles. The molecule has 258 valence electrons. The SMILES string of the molecule is CCC/C=C/CC/C=C/CC/C=C/C(O)C(COP(=O)([O-])OCC[N+](C)(C)C)NC(=O)CCCCCCCCCCCCC. The highest BCUT2D eigenvalue weighted by atomic mass is 31.2. The zero-order valence-corrected chi connectivity index (χ0v) is 29.7. The molecule has 0 fully saturated rings. The molecule has 9 heteroatoms. The molecular weight excluding hydrogens is 575 g/mol.